The van der Waals surface area contributed by atoms with Crippen molar-refractivity contribution in [1.82, 2.24) is 0 Å². The Hall–Kier alpha value is 3.69. The summed E-state index contributed by atoms with van der Waals surface area (Å²) in [4.78, 5) is 90.8. The van der Waals surface area contributed by atoms with Crippen LogP contribution in [0, 0.1) is 0 Å². The first-order valence-corrected chi connectivity index (χ1v) is 42.5. The summed E-state index contributed by atoms with van der Waals surface area (Å²) in [5.74, 6) is -11.8. The predicted molar refractivity (Wildman–Crippen MR) is 169 cm³/mol. The number of ether oxygens (including phenoxy) is 8. The van der Waals surface area contributed by atoms with Gasteiger partial charge in [0.25, 0.3) is 0 Å². The summed E-state index contributed by atoms with van der Waals surface area (Å²) in [6.45, 7) is -4.94. The SMILES string of the molecule is O=C1OCCOC(=O)C(=O)OCCOC(=O)C(=O)OCCOC(=O)C(=O)OCCOC1=O.[Cl][Sn][Cl].[Cl][Sn][Cl].[Cl][Ti][Cl].[Cl][Ti][Cl].[Cl][Ti][Cl].[Cl][Ti][Cl]. The molecular weight excluding hydrogens is 1300 g/mol. The second-order valence-electron chi connectivity index (χ2n) is 5.52. The van der Waals surface area contributed by atoms with Crippen LogP contribution in [0.25, 0.3) is 0 Å². The zero-order chi connectivity index (χ0) is 40.2. The van der Waals surface area contributed by atoms with E-state index < -0.39 is 207 Å². The van der Waals surface area contributed by atoms with Crippen molar-refractivity contribution in [3.8, 4) is 0 Å². The van der Waals surface area contributed by atoms with Crippen molar-refractivity contribution in [2.45, 2.75) is 0 Å². The molecule has 1 aliphatic rings. The monoisotopic (exact) mass is 1320 g/mol. The third-order valence-electron chi connectivity index (χ3n) is 2.87. The van der Waals surface area contributed by atoms with Gasteiger partial charge >= 0.3 is 264 Å². The van der Waals surface area contributed by atoms with Crippen molar-refractivity contribution in [3.05, 3.63) is 0 Å². The van der Waals surface area contributed by atoms with Crippen molar-refractivity contribution in [3.63, 3.8) is 0 Å². The van der Waals surface area contributed by atoms with Gasteiger partial charge in [-0.2, -0.15) is 0 Å². The Balaban J connectivity index is -0.000000224. The van der Waals surface area contributed by atoms with E-state index in [1.54, 1.807) is 0 Å². The molecule has 284 valence electrons. The topological polar surface area (TPSA) is 210 Å². The fraction of sp³-hybridized carbons (Fsp3) is 0.500. The number of esters is 8. The van der Waals surface area contributed by atoms with E-state index in [-0.39, 0.29) is 0 Å². The van der Waals surface area contributed by atoms with Crippen LogP contribution in [0.5, 0.6) is 0 Å². The average Bonchev–Trinajstić information content (AvgIpc) is 3.06. The molecule has 0 aromatic rings. The van der Waals surface area contributed by atoms with Gasteiger partial charge in [-0.25, -0.2) is 38.4 Å². The molecule has 0 aromatic carbocycles. The molecule has 0 aromatic heterocycles. The Bertz CT molecular complexity index is 720. The molecule has 1 rings (SSSR count). The first-order chi connectivity index (χ1) is 23.7. The number of hydrogen-bond donors (Lipinski definition) is 0. The third kappa shape index (κ3) is 58.4. The van der Waals surface area contributed by atoms with Crippen LogP contribution in [0.2, 0.25) is 0 Å². The van der Waals surface area contributed by atoms with E-state index in [0.29, 0.717) is 0 Å². The van der Waals surface area contributed by atoms with E-state index in [1.807, 2.05) is 0 Å². The van der Waals surface area contributed by atoms with Gasteiger partial charge in [0.05, 0.1) is 0 Å². The Morgan fingerprint density at radius 3 is 0.420 bits per heavy atom. The van der Waals surface area contributed by atoms with E-state index in [9.17, 15) is 38.4 Å². The molecule has 0 unspecified atom stereocenters. The van der Waals surface area contributed by atoms with Crippen LogP contribution in [-0.2, 0) is 144 Å². The number of hydrogen-bond acceptors (Lipinski definition) is 16. The average molecular weight is 1320 g/mol. The number of cyclic esters (lactones) is 8. The van der Waals surface area contributed by atoms with Gasteiger partial charge < -0.3 is 37.9 Å². The van der Waals surface area contributed by atoms with Gasteiger partial charge in [-0.05, 0) is 0 Å². The number of rotatable bonds is 0. The molecule has 1 saturated heterocycles. The molecule has 0 saturated carbocycles. The van der Waals surface area contributed by atoms with Crippen LogP contribution in [0.15, 0.2) is 0 Å². The van der Waals surface area contributed by atoms with Gasteiger partial charge in [0.2, 0.25) is 0 Å². The van der Waals surface area contributed by atoms with E-state index in [0.717, 1.165) is 0 Å². The first-order valence-electron chi connectivity index (χ1n) is 10.8. The number of halogens is 12. The van der Waals surface area contributed by atoms with Crippen molar-refractivity contribution >= 4 is 196 Å². The van der Waals surface area contributed by atoms with Crippen LogP contribution in [0.1, 0.15) is 0 Å². The summed E-state index contributed by atoms with van der Waals surface area (Å²) in [7, 11) is 58.8. The van der Waals surface area contributed by atoms with Crippen LogP contribution < -0.4 is 0 Å². The van der Waals surface area contributed by atoms with E-state index in [1.165, 1.54) is 0 Å². The van der Waals surface area contributed by atoms with Gasteiger partial charge in [-0.3, -0.25) is 0 Å². The molecule has 0 bridgehead atoms. The zero-order valence-electron chi connectivity index (χ0n) is 23.7. The Morgan fingerprint density at radius 2 is 0.360 bits per heavy atom. The normalized spacial score (nSPS) is 14.3. The number of carbonyl (C=O) groups excluding carboxylic acids is 8. The molecule has 1 fully saturated rings. The summed E-state index contributed by atoms with van der Waals surface area (Å²) in [6.07, 6.45) is 0. The molecule has 34 heteroatoms. The van der Waals surface area contributed by atoms with Gasteiger partial charge in [0, 0.05) is 0 Å². The van der Waals surface area contributed by atoms with Crippen LogP contribution in [0.3, 0.4) is 0 Å². The fourth-order valence-corrected chi connectivity index (χ4v) is 1.55. The van der Waals surface area contributed by atoms with E-state index in [4.69, 9.17) is 110 Å². The van der Waals surface area contributed by atoms with E-state index in [2.05, 4.69) is 37.9 Å². The Kier molecular flexibility index (Phi) is 74.7. The molecule has 1 heterocycles. The fourth-order valence-electron chi connectivity index (χ4n) is 1.55. The van der Waals surface area contributed by atoms with Crippen molar-refractivity contribution < 1.29 is 144 Å². The summed E-state index contributed by atoms with van der Waals surface area (Å²) in [5.41, 5.74) is 0. The first kappa shape index (κ1) is 65.5. The molecule has 0 N–H and O–H groups in total. The van der Waals surface area contributed by atoms with Crippen molar-refractivity contribution in [2.75, 3.05) is 52.9 Å². The van der Waals surface area contributed by atoms with E-state index >= 15 is 0 Å². The Morgan fingerprint density at radius 1 is 0.300 bits per heavy atom. The minimum atomic E-state index is -1.47. The van der Waals surface area contributed by atoms with Crippen LogP contribution >= 0.6 is 110 Å². The van der Waals surface area contributed by atoms with Gasteiger partial charge in [-0.15, -0.1) is 0 Å². The molecule has 0 atom stereocenters. The molecule has 16 nitrogen and oxygen atoms in total. The molecular formula is C16H16Cl12O16Sn2Ti4. The summed E-state index contributed by atoms with van der Waals surface area (Å²) in [5, 5.41) is 0. The van der Waals surface area contributed by atoms with Gasteiger partial charge in [0.1, 0.15) is 52.9 Å². The number of carbonyl (C=O) groups is 8. The minimum absolute atomic E-state index is 0.556. The van der Waals surface area contributed by atoms with Gasteiger partial charge in [-0.1, -0.05) is 0 Å². The quantitative estimate of drug-likeness (QED) is 0.146. The second kappa shape index (κ2) is 57.0. The van der Waals surface area contributed by atoms with Crippen LogP contribution in [0.4, 0.5) is 0 Å². The molecule has 0 aliphatic carbocycles. The zero-order valence-corrected chi connectivity index (χ0v) is 44.7. The third-order valence-corrected chi connectivity index (χ3v) is 2.87. The standard InChI is InChI=1S/C16H16O16.12ClH.2Sn.4Ti/c17-9-10(18)27-3-4-29-13(21)14(22)31-7-8-32-16(24)15(23)30-6-5-28-12(20)11(19)26-2-1-25-9;;;;;;;;;;;;;;;;;;/h1-8H2;12*1H;;;;;;/q;;;;;;;;;;;;;6*+2/p-12. The molecule has 1 aliphatic heterocycles. The predicted octanol–water partition coefficient (Wildman–Crippen LogP) is 3.85. The molecule has 0 amide bonds. The van der Waals surface area contributed by atoms with Crippen LogP contribution in [-0.4, -0.2) is 138 Å². The summed E-state index contributed by atoms with van der Waals surface area (Å²) < 4.78 is 35.3. The summed E-state index contributed by atoms with van der Waals surface area (Å²) in [6, 6.07) is 0. The second-order valence-corrected chi connectivity index (χ2v) is 24.3. The Labute approximate surface area is 386 Å². The summed E-state index contributed by atoms with van der Waals surface area (Å²) >= 11 is -3.87. The van der Waals surface area contributed by atoms with Gasteiger partial charge in [0.15, 0.2) is 0 Å². The molecule has 50 heavy (non-hydrogen) atoms. The van der Waals surface area contributed by atoms with Crippen molar-refractivity contribution in [1.29, 1.82) is 0 Å². The maximum absolute atomic E-state index is 11.3. The molecule has 0 spiro atoms. The van der Waals surface area contributed by atoms with Crippen molar-refractivity contribution in [2.24, 2.45) is 0 Å². The molecule has 4 radical (unpaired) electrons. The maximum atomic E-state index is 11.3.